The van der Waals surface area contributed by atoms with Gasteiger partial charge in [0.2, 0.25) is 0 Å². The second-order valence-corrected chi connectivity index (χ2v) is 3.58. The van der Waals surface area contributed by atoms with Crippen molar-refractivity contribution in [2.75, 3.05) is 13.1 Å². The topological polar surface area (TPSA) is 3.01 Å². The molecule has 2 aliphatic rings. The molecular weight excluding hydrogens is 110 g/mol. The van der Waals surface area contributed by atoms with Crippen molar-refractivity contribution in [2.45, 2.75) is 32.2 Å². The zero-order chi connectivity index (χ0) is 6.48. The first-order valence-electron chi connectivity index (χ1n) is 4.04. The van der Waals surface area contributed by atoms with E-state index in [1.54, 1.807) is 0 Å². The molecule has 0 aliphatic carbocycles. The Morgan fingerprint density at radius 2 is 2.44 bits per heavy atom. The summed E-state index contributed by atoms with van der Waals surface area (Å²) < 4.78 is 0. The summed E-state index contributed by atoms with van der Waals surface area (Å²) in [5.41, 5.74) is 0.731. The fourth-order valence-electron chi connectivity index (χ4n) is 2.10. The van der Waals surface area contributed by atoms with Gasteiger partial charge in [0.1, 0.15) is 0 Å². The Morgan fingerprint density at radius 1 is 1.67 bits per heavy atom. The molecule has 1 heteroatoms. The summed E-state index contributed by atoms with van der Waals surface area (Å²) >= 11 is 0. The van der Waals surface area contributed by atoms with E-state index >= 15 is 0 Å². The van der Waals surface area contributed by atoms with E-state index in [1.165, 1.54) is 25.9 Å². The molecule has 0 aromatic rings. The van der Waals surface area contributed by atoms with Crippen molar-refractivity contribution in [3.05, 3.63) is 0 Å². The summed E-state index contributed by atoms with van der Waals surface area (Å²) in [5, 5.41) is 0. The lowest BCUT2D eigenvalue weighted by Gasteiger charge is -2.31. The third-order valence-electron chi connectivity index (χ3n) is 3.34. The van der Waals surface area contributed by atoms with Crippen LogP contribution < -0.4 is 0 Å². The van der Waals surface area contributed by atoms with Gasteiger partial charge in [0, 0.05) is 18.6 Å². The van der Waals surface area contributed by atoms with Crippen LogP contribution in [0.1, 0.15) is 26.7 Å². The van der Waals surface area contributed by atoms with Crippen LogP contribution in [0.3, 0.4) is 0 Å². The number of hydrogen-bond donors (Lipinski definition) is 0. The van der Waals surface area contributed by atoms with E-state index in [-0.39, 0.29) is 0 Å². The maximum absolute atomic E-state index is 2.60. The van der Waals surface area contributed by atoms with Crippen LogP contribution in [0.4, 0.5) is 0 Å². The van der Waals surface area contributed by atoms with Gasteiger partial charge in [-0.25, -0.2) is 0 Å². The number of rotatable bonds is 2. The summed E-state index contributed by atoms with van der Waals surface area (Å²) in [4.78, 5) is 2.60. The van der Waals surface area contributed by atoms with Crippen LogP contribution in [0.15, 0.2) is 0 Å². The van der Waals surface area contributed by atoms with E-state index in [0.717, 1.165) is 11.5 Å². The molecule has 2 aliphatic heterocycles. The Kier molecular flexibility index (Phi) is 0.963. The first-order valence-corrected chi connectivity index (χ1v) is 4.04. The second kappa shape index (κ2) is 1.51. The van der Waals surface area contributed by atoms with Crippen molar-refractivity contribution in [3.63, 3.8) is 0 Å². The first-order chi connectivity index (χ1) is 4.29. The highest BCUT2D eigenvalue weighted by atomic mass is 15.4. The lowest BCUT2D eigenvalue weighted by Crippen LogP contribution is -2.38. The van der Waals surface area contributed by atoms with Crippen molar-refractivity contribution in [1.29, 1.82) is 0 Å². The first kappa shape index (κ1) is 5.72. The smallest absolute Gasteiger partial charge is 0.0375 e. The van der Waals surface area contributed by atoms with E-state index in [1.807, 2.05) is 0 Å². The molecule has 2 heterocycles. The summed E-state index contributed by atoms with van der Waals surface area (Å²) in [6.45, 7) is 7.47. The molecule has 2 saturated heterocycles. The van der Waals surface area contributed by atoms with Crippen LogP contribution in [0.25, 0.3) is 0 Å². The molecule has 0 radical (unpaired) electrons. The molecule has 0 N–H and O–H groups in total. The number of fused-ring (bicyclic) bond motifs is 1. The summed E-state index contributed by atoms with van der Waals surface area (Å²) in [6, 6.07) is 0. The Morgan fingerprint density at radius 3 is 2.56 bits per heavy atom. The molecule has 0 aromatic heterocycles. The fourth-order valence-corrected chi connectivity index (χ4v) is 2.10. The van der Waals surface area contributed by atoms with Gasteiger partial charge in [0.25, 0.3) is 0 Å². The molecule has 9 heavy (non-hydrogen) atoms. The minimum atomic E-state index is 0.731. The second-order valence-electron chi connectivity index (χ2n) is 3.58. The number of nitrogens with zero attached hydrogens (tertiary/aromatic N) is 1. The highest BCUT2D eigenvalue weighted by Gasteiger charge is 2.61. The van der Waals surface area contributed by atoms with Crippen molar-refractivity contribution >= 4 is 0 Å². The molecule has 0 aromatic carbocycles. The van der Waals surface area contributed by atoms with Crippen LogP contribution in [0, 0.1) is 5.92 Å². The molecule has 0 saturated carbocycles. The molecular formula is C8H15N. The normalized spacial score (nSPS) is 49.3. The van der Waals surface area contributed by atoms with Gasteiger partial charge >= 0.3 is 0 Å². The van der Waals surface area contributed by atoms with Gasteiger partial charge in [-0.05, 0) is 12.3 Å². The fraction of sp³-hybridized carbons (Fsp3) is 1.00. The summed E-state index contributed by atoms with van der Waals surface area (Å²) in [7, 11) is 0. The van der Waals surface area contributed by atoms with Gasteiger partial charge in [-0.15, -0.1) is 0 Å². The molecule has 2 rings (SSSR count). The van der Waals surface area contributed by atoms with E-state index in [2.05, 4.69) is 18.7 Å². The Labute approximate surface area is 57.0 Å². The lowest BCUT2D eigenvalue weighted by atomic mass is 9.85. The molecule has 0 bridgehead atoms. The van der Waals surface area contributed by atoms with Crippen LogP contribution in [-0.4, -0.2) is 23.5 Å². The molecule has 3 unspecified atom stereocenters. The third-order valence-corrected chi connectivity index (χ3v) is 3.34. The average Bonchev–Trinajstić information content (AvgIpc) is 2.35. The summed E-state index contributed by atoms with van der Waals surface area (Å²) in [6.07, 6.45) is 2.83. The van der Waals surface area contributed by atoms with Gasteiger partial charge in [-0.3, -0.25) is 4.90 Å². The monoisotopic (exact) mass is 125 g/mol. The van der Waals surface area contributed by atoms with Crippen molar-refractivity contribution < 1.29 is 0 Å². The quantitative estimate of drug-likeness (QED) is 0.505. The van der Waals surface area contributed by atoms with Gasteiger partial charge < -0.3 is 0 Å². The third kappa shape index (κ3) is 0.536. The van der Waals surface area contributed by atoms with Gasteiger partial charge in [-0.1, -0.05) is 20.3 Å². The minimum absolute atomic E-state index is 0.731. The predicted octanol–water partition coefficient (Wildman–Crippen LogP) is 1.49. The standard InChI is InChI=1S/C8H15N/c1-3-7(2)8-4-5-9(8)6-8/h7H,3-6H2,1-2H3. The zero-order valence-electron chi connectivity index (χ0n) is 6.35. The zero-order valence-corrected chi connectivity index (χ0v) is 6.35. The van der Waals surface area contributed by atoms with Crippen molar-refractivity contribution in [1.82, 2.24) is 4.90 Å². The van der Waals surface area contributed by atoms with E-state index < -0.39 is 0 Å². The van der Waals surface area contributed by atoms with E-state index in [0.29, 0.717) is 0 Å². The van der Waals surface area contributed by atoms with Gasteiger partial charge in [-0.2, -0.15) is 0 Å². The molecule has 52 valence electrons. The maximum Gasteiger partial charge on any atom is 0.0375 e. The largest absolute Gasteiger partial charge is 0.294 e. The highest BCUT2D eigenvalue weighted by Crippen LogP contribution is 2.51. The van der Waals surface area contributed by atoms with E-state index in [4.69, 9.17) is 0 Å². The van der Waals surface area contributed by atoms with E-state index in [9.17, 15) is 0 Å². The van der Waals surface area contributed by atoms with Crippen molar-refractivity contribution in [2.24, 2.45) is 5.92 Å². The molecule has 2 fully saturated rings. The maximum atomic E-state index is 2.60. The van der Waals surface area contributed by atoms with Crippen LogP contribution in [0.5, 0.6) is 0 Å². The lowest BCUT2D eigenvalue weighted by molar-refractivity contribution is 0.194. The predicted molar refractivity (Wildman–Crippen MR) is 38.4 cm³/mol. The average molecular weight is 125 g/mol. The Bertz CT molecular complexity index is 129. The molecule has 0 amide bonds. The van der Waals surface area contributed by atoms with Crippen molar-refractivity contribution in [3.8, 4) is 0 Å². The van der Waals surface area contributed by atoms with Crippen LogP contribution in [0.2, 0.25) is 0 Å². The van der Waals surface area contributed by atoms with Gasteiger partial charge in [0.05, 0.1) is 0 Å². The SMILES string of the molecule is CCC(C)C12CCN1C2. The van der Waals surface area contributed by atoms with Crippen LogP contribution >= 0.6 is 0 Å². The highest BCUT2D eigenvalue weighted by molar-refractivity contribution is 5.17. The Balaban J connectivity index is 1.99. The summed E-state index contributed by atoms with van der Waals surface area (Å²) in [5.74, 6) is 0.950. The molecule has 3 atom stereocenters. The molecule has 1 nitrogen and oxygen atoms in total. The van der Waals surface area contributed by atoms with Crippen LogP contribution in [-0.2, 0) is 0 Å². The Hall–Kier alpha value is -0.0400. The number of hydrogen-bond acceptors (Lipinski definition) is 1. The van der Waals surface area contributed by atoms with Gasteiger partial charge in [0.15, 0.2) is 0 Å². The molecule has 0 spiro atoms. The minimum Gasteiger partial charge on any atom is -0.294 e.